The van der Waals surface area contributed by atoms with Gasteiger partial charge < -0.3 is 0 Å². The number of hydrogen-bond acceptors (Lipinski definition) is 1. The number of carbonyl (C=O) groups is 1. The van der Waals surface area contributed by atoms with E-state index in [-0.39, 0.29) is 0 Å². The summed E-state index contributed by atoms with van der Waals surface area (Å²) in [7, 11) is 0. The summed E-state index contributed by atoms with van der Waals surface area (Å²) in [6.45, 7) is 1.91. The van der Waals surface area contributed by atoms with E-state index >= 15 is 0 Å². The third kappa shape index (κ3) is 2.43. The van der Waals surface area contributed by atoms with Gasteiger partial charge in [-0.05, 0) is 12.0 Å². The van der Waals surface area contributed by atoms with Crippen molar-refractivity contribution in [2.45, 2.75) is 13.3 Å². The Labute approximate surface area is 83.0 Å². The van der Waals surface area contributed by atoms with Crippen LogP contribution in [-0.2, 0) is 4.79 Å². The molecule has 0 fully saturated rings. The second-order valence-electron chi connectivity index (χ2n) is 2.68. The first kappa shape index (κ1) is 10.0. The molecule has 1 aromatic rings. The molecule has 0 aromatic heterocycles. The van der Waals surface area contributed by atoms with Gasteiger partial charge in [0, 0.05) is 5.57 Å². The number of allylic oxidation sites excluding steroid dienone is 1. The highest BCUT2D eigenvalue weighted by Gasteiger charge is 2.03. The van der Waals surface area contributed by atoms with Crippen molar-refractivity contribution in [2.24, 2.45) is 0 Å². The summed E-state index contributed by atoms with van der Waals surface area (Å²) in [5, 5.41) is 0.554. The molecule has 0 radical (unpaired) electrons. The molecule has 0 N–H and O–H groups in total. The van der Waals surface area contributed by atoms with Crippen molar-refractivity contribution in [1.82, 2.24) is 0 Å². The fraction of sp³-hybridized carbons (Fsp3) is 0.182. The molecule has 68 valence electrons. The average molecular weight is 195 g/mol. The molecular formula is C11H11ClO. The molecule has 0 unspecified atom stereocenters. The molecule has 0 heterocycles. The molecule has 1 aromatic carbocycles. The van der Waals surface area contributed by atoms with E-state index in [2.05, 4.69) is 0 Å². The zero-order valence-electron chi connectivity index (χ0n) is 7.46. The fourth-order valence-corrected chi connectivity index (χ4v) is 1.36. The number of rotatable bonds is 3. The molecule has 2 heteroatoms. The van der Waals surface area contributed by atoms with Crippen LogP contribution in [0.1, 0.15) is 18.9 Å². The van der Waals surface area contributed by atoms with Gasteiger partial charge in [0.25, 0.3) is 0 Å². The maximum atomic E-state index is 10.6. The van der Waals surface area contributed by atoms with E-state index in [4.69, 9.17) is 11.6 Å². The molecule has 0 bridgehead atoms. The predicted molar refractivity (Wildman–Crippen MR) is 55.6 cm³/mol. The Morgan fingerprint density at radius 2 is 2.00 bits per heavy atom. The lowest BCUT2D eigenvalue weighted by Crippen LogP contribution is -1.86. The van der Waals surface area contributed by atoms with E-state index in [1.165, 1.54) is 0 Å². The van der Waals surface area contributed by atoms with Gasteiger partial charge in [-0.1, -0.05) is 48.9 Å². The largest absolute Gasteiger partial charge is 0.298 e. The minimum absolute atomic E-state index is 0.554. The van der Waals surface area contributed by atoms with Gasteiger partial charge in [-0.2, -0.15) is 0 Å². The Balaban J connectivity index is 3.08. The number of benzene rings is 1. The lowest BCUT2D eigenvalue weighted by Gasteiger charge is -2.01. The van der Waals surface area contributed by atoms with Gasteiger partial charge in [-0.25, -0.2) is 0 Å². The summed E-state index contributed by atoms with van der Waals surface area (Å²) in [6.07, 6.45) is 1.48. The maximum Gasteiger partial charge on any atom is 0.147 e. The lowest BCUT2D eigenvalue weighted by molar-refractivity contribution is -0.104. The van der Waals surface area contributed by atoms with Gasteiger partial charge in [0.2, 0.25) is 0 Å². The molecule has 0 amide bonds. The van der Waals surface area contributed by atoms with Crippen LogP contribution in [0.5, 0.6) is 0 Å². The van der Waals surface area contributed by atoms with Gasteiger partial charge in [0.15, 0.2) is 0 Å². The normalized spacial score (nSPS) is 12.2. The minimum Gasteiger partial charge on any atom is -0.298 e. The molecule has 1 rings (SSSR count). The van der Waals surface area contributed by atoms with Crippen LogP contribution in [0.3, 0.4) is 0 Å². The molecule has 0 spiro atoms. The van der Waals surface area contributed by atoms with E-state index in [9.17, 15) is 4.79 Å². The van der Waals surface area contributed by atoms with Crippen molar-refractivity contribution >= 4 is 22.9 Å². The van der Waals surface area contributed by atoms with Crippen molar-refractivity contribution < 1.29 is 4.79 Å². The number of hydrogen-bond donors (Lipinski definition) is 0. The number of halogens is 1. The predicted octanol–water partition coefficient (Wildman–Crippen LogP) is 3.25. The molecule has 1 nitrogen and oxygen atoms in total. The zero-order chi connectivity index (χ0) is 9.68. The van der Waals surface area contributed by atoms with Gasteiger partial charge >= 0.3 is 0 Å². The molecule has 0 aliphatic carbocycles. The Kier molecular flexibility index (Phi) is 3.71. The highest BCUT2D eigenvalue weighted by atomic mass is 35.5. The van der Waals surface area contributed by atoms with Crippen LogP contribution < -0.4 is 0 Å². The smallest absolute Gasteiger partial charge is 0.147 e. The Bertz CT molecular complexity index is 314. The maximum absolute atomic E-state index is 10.6. The average Bonchev–Trinajstić information content (AvgIpc) is 2.21. The van der Waals surface area contributed by atoms with E-state index in [0.717, 1.165) is 11.8 Å². The Morgan fingerprint density at radius 1 is 1.38 bits per heavy atom. The second-order valence-corrected chi connectivity index (χ2v) is 3.05. The first-order valence-corrected chi connectivity index (χ1v) is 4.56. The summed E-state index contributed by atoms with van der Waals surface area (Å²) < 4.78 is 0. The van der Waals surface area contributed by atoms with Crippen molar-refractivity contribution in [3.05, 3.63) is 41.5 Å². The van der Waals surface area contributed by atoms with E-state index in [1.807, 2.05) is 37.3 Å². The van der Waals surface area contributed by atoms with Crippen LogP contribution in [0.2, 0.25) is 0 Å². The monoisotopic (exact) mass is 194 g/mol. The quantitative estimate of drug-likeness (QED) is 0.533. The van der Waals surface area contributed by atoms with Crippen LogP contribution in [0, 0.1) is 0 Å². The third-order valence-corrected chi connectivity index (χ3v) is 2.29. The standard InChI is InChI=1S/C11H11ClO/c1-2-9(8-13)11(12)10-6-4-3-5-7-10/h3-8H,2H2,1H3. The summed E-state index contributed by atoms with van der Waals surface area (Å²) in [4.78, 5) is 10.6. The SMILES string of the molecule is CCC(C=O)=C(Cl)c1ccccc1. The highest BCUT2D eigenvalue weighted by molar-refractivity contribution is 6.50. The van der Waals surface area contributed by atoms with Crippen LogP contribution in [0.25, 0.3) is 5.03 Å². The zero-order valence-corrected chi connectivity index (χ0v) is 8.21. The second kappa shape index (κ2) is 4.83. The van der Waals surface area contributed by atoms with Gasteiger partial charge in [0.1, 0.15) is 6.29 Å². The molecule has 13 heavy (non-hydrogen) atoms. The topological polar surface area (TPSA) is 17.1 Å². The Morgan fingerprint density at radius 3 is 2.46 bits per heavy atom. The number of carbonyl (C=O) groups excluding carboxylic acids is 1. The van der Waals surface area contributed by atoms with Crippen LogP contribution in [-0.4, -0.2) is 6.29 Å². The Hall–Kier alpha value is -1.08. The van der Waals surface area contributed by atoms with Crippen LogP contribution >= 0.6 is 11.6 Å². The summed E-state index contributed by atoms with van der Waals surface area (Å²) in [5.74, 6) is 0. The van der Waals surface area contributed by atoms with Crippen LogP contribution in [0.4, 0.5) is 0 Å². The first-order valence-electron chi connectivity index (χ1n) is 4.18. The molecule has 0 saturated carbocycles. The first-order chi connectivity index (χ1) is 6.29. The molecule has 0 aliphatic rings. The molecule has 0 atom stereocenters. The van der Waals surface area contributed by atoms with Crippen molar-refractivity contribution in [2.75, 3.05) is 0 Å². The van der Waals surface area contributed by atoms with E-state index < -0.39 is 0 Å². The lowest BCUT2D eigenvalue weighted by atomic mass is 10.1. The third-order valence-electron chi connectivity index (χ3n) is 1.83. The van der Waals surface area contributed by atoms with Gasteiger partial charge in [-0.15, -0.1) is 0 Å². The number of aldehydes is 1. The van der Waals surface area contributed by atoms with Gasteiger partial charge in [0.05, 0.1) is 5.03 Å². The summed E-state index contributed by atoms with van der Waals surface area (Å²) in [5.41, 5.74) is 1.54. The van der Waals surface area contributed by atoms with Crippen molar-refractivity contribution in [3.8, 4) is 0 Å². The van der Waals surface area contributed by atoms with Crippen molar-refractivity contribution in [3.63, 3.8) is 0 Å². The van der Waals surface area contributed by atoms with Gasteiger partial charge in [-0.3, -0.25) is 4.79 Å². The fourth-order valence-electron chi connectivity index (χ4n) is 1.06. The molecular weight excluding hydrogens is 184 g/mol. The summed E-state index contributed by atoms with van der Waals surface area (Å²) in [6, 6.07) is 9.49. The summed E-state index contributed by atoms with van der Waals surface area (Å²) >= 11 is 6.02. The van der Waals surface area contributed by atoms with E-state index in [1.54, 1.807) is 0 Å². The molecule has 0 saturated heterocycles. The van der Waals surface area contributed by atoms with Crippen LogP contribution in [0.15, 0.2) is 35.9 Å². The minimum atomic E-state index is 0.554. The highest BCUT2D eigenvalue weighted by Crippen LogP contribution is 2.23. The van der Waals surface area contributed by atoms with E-state index in [0.29, 0.717) is 17.0 Å². The molecule has 0 aliphatic heterocycles. The van der Waals surface area contributed by atoms with Crippen molar-refractivity contribution in [1.29, 1.82) is 0 Å².